The van der Waals surface area contributed by atoms with Crippen molar-refractivity contribution in [3.63, 3.8) is 0 Å². The maximum absolute atomic E-state index is 9.81. The molecule has 1 aromatic rings. The van der Waals surface area contributed by atoms with Crippen molar-refractivity contribution in [1.82, 2.24) is 5.32 Å². The molecule has 120 valence electrons. The van der Waals surface area contributed by atoms with Crippen LogP contribution >= 0.6 is 0 Å². The Morgan fingerprint density at radius 3 is 2.67 bits per heavy atom. The number of para-hydroxylation sites is 1. The predicted octanol–water partition coefficient (Wildman–Crippen LogP) is 1.24. The SMILES string of the molecule is COCC(C)OCC(O)CNCCc1ccccc1OC. The summed E-state index contributed by atoms with van der Waals surface area (Å²) in [5.41, 5.74) is 1.16. The van der Waals surface area contributed by atoms with E-state index in [4.69, 9.17) is 14.2 Å². The number of hydrogen-bond acceptors (Lipinski definition) is 5. The summed E-state index contributed by atoms with van der Waals surface area (Å²) >= 11 is 0. The molecule has 1 aromatic carbocycles. The number of aliphatic hydroxyl groups excluding tert-OH is 1. The molecule has 0 aliphatic carbocycles. The molecule has 5 nitrogen and oxygen atoms in total. The smallest absolute Gasteiger partial charge is 0.122 e. The van der Waals surface area contributed by atoms with Gasteiger partial charge in [-0.3, -0.25) is 0 Å². The summed E-state index contributed by atoms with van der Waals surface area (Å²) in [6.07, 6.45) is 0.345. The molecule has 0 amide bonds. The van der Waals surface area contributed by atoms with E-state index in [0.717, 1.165) is 24.3 Å². The molecule has 5 heteroatoms. The fraction of sp³-hybridized carbons (Fsp3) is 0.625. The quantitative estimate of drug-likeness (QED) is 0.602. The molecule has 2 N–H and O–H groups in total. The molecule has 0 spiro atoms. The lowest BCUT2D eigenvalue weighted by molar-refractivity contribution is -0.0310. The molecule has 0 radical (unpaired) electrons. The van der Waals surface area contributed by atoms with Crippen LogP contribution in [0.2, 0.25) is 0 Å². The number of aliphatic hydroxyl groups is 1. The molecule has 0 aromatic heterocycles. The summed E-state index contributed by atoms with van der Waals surface area (Å²) < 4.78 is 15.7. The van der Waals surface area contributed by atoms with Crippen LogP contribution in [0.1, 0.15) is 12.5 Å². The van der Waals surface area contributed by atoms with E-state index in [0.29, 0.717) is 19.8 Å². The Balaban J connectivity index is 2.16. The van der Waals surface area contributed by atoms with Crippen molar-refractivity contribution in [2.75, 3.05) is 40.5 Å². The van der Waals surface area contributed by atoms with Gasteiger partial charge in [-0.2, -0.15) is 0 Å². The Hall–Kier alpha value is -1.14. The molecule has 0 saturated carbocycles. The predicted molar refractivity (Wildman–Crippen MR) is 82.9 cm³/mol. The van der Waals surface area contributed by atoms with Crippen LogP contribution in [-0.2, 0) is 15.9 Å². The van der Waals surface area contributed by atoms with E-state index in [-0.39, 0.29) is 6.10 Å². The highest BCUT2D eigenvalue weighted by Crippen LogP contribution is 2.17. The number of nitrogens with one attached hydrogen (secondary N) is 1. The van der Waals surface area contributed by atoms with Gasteiger partial charge in [-0.15, -0.1) is 0 Å². The standard InChI is InChI=1S/C16H27NO4/c1-13(11-19-2)21-12-15(18)10-17-9-8-14-6-4-5-7-16(14)20-3/h4-7,13,15,17-18H,8-12H2,1-3H3. The Bertz CT molecular complexity index is 386. The van der Waals surface area contributed by atoms with Gasteiger partial charge in [0, 0.05) is 13.7 Å². The summed E-state index contributed by atoms with van der Waals surface area (Å²) in [5.74, 6) is 0.900. The van der Waals surface area contributed by atoms with E-state index in [9.17, 15) is 5.11 Å². The number of benzene rings is 1. The van der Waals surface area contributed by atoms with Crippen LogP contribution in [0.5, 0.6) is 5.75 Å². The third-order valence-corrected chi connectivity index (χ3v) is 3.12. The molecule has 2 unspecified atom stereocenters. The highest BCUT2D eigenvalue weighted by Gasteiger charge is 2.08. The summed E-state index contributed by atoms with van der Waals surface area (Å²) in [4.78, 5) is 0. The topological polar surface area (TPSA) is 60.0 Å². The van der Waals surface area contributed by atoms with E-state index >= 15 is 0 Å². The first kappa shape index (κ1) is 17.9. The molecular formula is C16H27NO4. The van der Waals surface area contributed by atoms with E-state index < -0.39 is 6.10 Å². The number of ether oxygens (including phenoxy) is 3. The van der Waals surface area contributed by atoms with E-state index in [2.05, 4.69) is 5.32 Å². The number of methoxy groups -OCH3 is 2. The highest BCUT2D eigenvalue weighted by molar-refractivity contribution is 5.33. The minimum absolute atomic E-state index is 0.00164. The molecule has 2 atom stereocenters. The molecule has 0 fully saturated rings. The molecule has 0 saturated heterocycles. The molecular weight excluding hydrogens is 270 g/mol. The van der Waals surface area contributed by atoms with Crippen LogP contribution in [0.25, 0.3) is 0 Å². The van der Waals surface area contributed by atoms with E-state index in [1.54, 1.807) is 14.2 Å². The van der Waals surface area contributed by atoms with Gasteiger partial charge in [0.05, 0.1) is 32.5 Å². The van der Waals surface area contributed by atoms with Crippen molar-refractivity contribution in [2.24, 2.45) is 0 Å². The zero-order chi connectivity index (χ0) is 15.5. The third kappa shape index (κ3) is 7.43. The second-order valence-electron chi connectivity index (χ2n) is 5.02. The summed E-state index contributed by atoms with van der Waals surface area (Å²) in [7, 11) is 3.31. The van der Waals surface area contributed by atoms with Crippen LogP contribution < -0.4 is 10.1 Å². The van der Waals surface area contributed by atoms with Gasteiger partial charge >= 0.3 is 0 Å². The molecule has 0 aliphatic heterocycles. The van der Waals surface area contributed by atoms with Gasteiger partial charge in [0.1, 0.15) is 5.75 Å². The van der Waals surface area contributed by atoms with Gasteiger partial charge in [-0.05, 0) is 31.5 Å². The second kappa shape index (κ2) is 10.6. The van der Waals surface area contributed by atoms with Crippen molar-refractivity contribution in [1.29, 1.82) is 0 Å². The molecule has 1 rings (SSSR count). The molecule has 0 heterocycles. The minimum Gasteiger partial charge on any atom is -0.496 e. The first-order valence-corrected chi connectivity index (χ1v) is 7.28. The maximum Gasteiger partial charge on any atom is 0.122 e. The zero-order valence-electron chi connectivity index (χ0n) is 13.2. The fourth-order valence-electron chi connectivity index (χ4n) is 2.02. The number of rotatable bonds is 11. The number of hydrogen-bond donors (Lipinski definition) is 2. The lowest BCUT2D eigenvalue weighted by atomic mass is 10.1. The third-order valence-electron chi connectivity index (χ3n) is 3.12. The summed E-state index contributed by atoms with van der Waals surface area (Å²) in [5, 5.41) is 13.0. The largest absolute Gasteiger partial charge is 0.496 e. The monoisotopic (exact) mass is 297 g/mol. The second-order valence-corrected chi connectivity index (χ2v) is 5.02. The van der Waals surface area contributed by atoms with Gasteiger partial charge in [0.15, 0.2) is 0 Å². The fourth-order valence-corrected chi connectivity index (χ4v) is 2.02. The van der Waals surface area contributed by atoms with Gasteiger partial charge < -0.3 is 24.6 Å². The van der Waals surface area contributed by atoms with Gasteiger partial charge in [-0.1, -0.05) is 18.2 Å². The lowest BCUT2D eigenvalue weighted by Gasteiger charge is -2.16. The van der Waals surface area contributed by atoms with Crippen LogP contribution in [0, 0.1) is 0 Å². The minimum atomic E-state index is -0.512. The first-order chi connectivity index (χ1) is 10.2. The highest BCUT2D eigenvalue weighted by atomic mass is 16.5. The van der Waals surface area contributed by atoms with Crippen molar-refractivity contribution < 1.29 is 19.3 Å². The van der Waals surface area contributed by atoms with E-state index in [1.165, 1.54) is 0 Å². The summed E-state index contributed by atoms with van der Waals surface area (Å²) in [6.45, 7) is 4.06. The van der Waals surface area contributed by atoms with Crippen molar-refractivity contribution in [3.8, 4) is 5.75 Å². The first-order valence-electron chi connectivity index (χ1n) is 7.28. The van der Waals surface area contributed by atoms with E-state index in [1.807, 2.05) is 31.2 Å². The van der Waals surface area contributed by atoms with Crippen molar-refractivity contribution in [3.05, 3.63) is 29.8 Å². The Morgan fingerprint density at radius 2 is 1.95 bits per heavy atom. The molecule has 21 heavy (non-hydrogen) atoms. The van der Waals surface area contributed by atoms with Crippen molar-refractivity contribution in [2.45, 2.75) is 25.6 Å². The van der Waals surface area contributed by atoms with Crippen LogP contribution in [-0.4, -0.2) is 57.8 Å². The Labute approximate surface area is 127 Å². The lowest BCUT2D eigenvalue weighted by Crippen LogP contribution is -2.33. The van der Waals surface area contributed by atoms with Gasteiger partial charge in [0.2, 0.25) is 0 Å². The Kier molecular flexibility index (Phi) is 9.01. The van der Waals surface area contributed by atoms with Crippen LogP contribution in [0.4, 0.5) is 0 Å². The van der Waals surface area contributed by atoms with Crippen LogP contribution in [0.15, 0.2) is 24.3 Å². The summed E-state index contributed by atoms with van der Waals surface area (Å²) in [6, 6.07) is 7.96. The molecule has 0 aliphatic rings. The van der Waals surface area contributed by atoms with Gasteiger partial charge in [-0.25, -0.2) is 0 Å². The molecule has 0 bridgehead atoms. The Morgan fingerprint density at radius 1 is 1.19 bits per heavy atom. The van der Waals surface area contributed by atoms with Crippen molar-refractivity contribution >= 4 is 0 Å². The van der Waals surface area contributed by atoms with Crippen LogP contribution in [0.3, 0.4) is 0 Å². The average Bonchev–Trinajstić information content (AvgIpc) is 2.50. The normalized spacial score (nSPS) is 13.9. The maximum atomic E-state index is 9.81. The van der Waals surface area contributed by atoms with Gasteiger partial charge in [0.25, 0.3) is 0 Å². The zero-order valence-corrected chi connectivity index (χ0v) is 13.2. The average molecular weight is 297 g/mol.